The van der Waals surface area contributed by atoms with E-state index in [9.17, 15) is 5.11 Å². The Kier molecular flexibility index (Phi) is 4.23. The van der Waals surface area contributed by atoms with E-state index >= 15 is 0 Å². The summed E-state index contributed by atoms with van der Waals surface area (Å²) in [5.41, 5.74) is -0.454. The molecule has 1 fully saturated rings. The molecule has 3 heteroatoms. The molecule has 0 spiro atoms. The summed E-state index contributed by atoms with van der Waals surface area (Å²) < 4.78 is 0. The van der Waals surface area contributed by atoms with Crippen LogP contribution in [-0.2, 0) is 0 Å². The highest BCUT2D eigenvalue weighted by atomic mass is 32.1. The first kappa shape index (κ1) is 13.1. The maximum atomic E-state index is 10.4. The maximum absolute atomic E-state index is 10.4. The first-order valence-corrected chi connectivity index (χ1v) is 7.48. The molecule has 0 aliphatic heterocycles. The standard InChI is InChI=1S/C14H23NOS/c1-11(2)13(12-6-5-9-17-12)15-10-14(16)7-3-4-8-14/h5-6,9,11,13,15-16H,3-4,7-8,10H2,1-2H3. The highest BCUT2D eigenvalue weighted by Gasteiger charge is 2.32. The van der Waals surface area contributed by atoms with Gasteiger partial charge in [-0.25, -0.2) is 0 Å². The Morgan fingerprint density at radius 1 is 1.41 bits per heavy atom. The van der Waals surface area contributed by atoms with Crippen LogP contribution in [0.25, 0.3) is 0 Å². The van der Waals surface area contributed by atoms with Crippen molar-refractivity contribution in [2.24, 2.45) is 5.92 Å². The molecule has 1 unspecified atom stereocenters. The lowest BCUT2D eigenvalue weighted by Gasteiger charge is -2.28. The molecule has 1 atom stereocenters. The molecular formula is C14H23NOS. The van der Waals surface area contributed by atoms with Crippen molar-refractivity contribution in [2.45, 2.75) is 51.2 Å². The molecule has 0 bridgehead atoms. The van der Waals surface area contributed by atoms with Crippen molar-refractivity contribution in [3.63, 3.8) is 0 Å². The summed E-state index contributed by atoms with van der Waals surface area (Å²) in [6, 6.07) is 4.65. The lowest BCUT2D eigenvalue weighted by molar-refractivity contribution is 0.0432. The number of aliphatic hydroxyl groups is 1. The van der Waals surface area contributed by atoms with Crippen LogP contribution in [0, 0.1) is 5.92 Å². The van der Waals surface area contributed by atoms with Crippen LogP contribution >= 0.6 is 11.3 Å². The van der Waals surface area contributed by atoms with Crippen molar-refractivity contribution in [3.05, 3.63) is 22.4 Å². The third-order valence-electron chi connectivity index (χ3n) is 3.70. The van der Waals surface area contributed by atoms with Gasteiger partial charge in [0.1, 0.15) is 0 Å². The minimum absolute atomic E-state index is 0.375. The maximum Gasteiger partial charge on any atom is 0.0771 e. The zero-order valence-corrected chi connectivity index (χ0v) is 11.6. The van der Waals surface area contributed by atoms with Crippen LogP contribution < -0.4 is 5.32 Å². The molecule has 1 heterocycles. The summed E-state index contributed by atoms with van der Waals surface area (Å²) in [5.74, 6) is 0.554. The van der Waals surface area contributed by atoms with Crippen molar-refractivity contribution in [1.29, 1.82) is 0 Å². The summed E-state index contributed by atoms with van der Waals surface area (Å²) in [5, 5.41) is 16.0. The molecule has 2 nitrogen and oxygen atoms in total. The Balaban J connectivity index is 1.95. The molecular weight excluding hydrogens is 230 g/mol. The minimum atomic E-state index is -0.454. The predicted octanol–water partition coefficient (Wildman–Crippen LogP) is 3.34. The Hall–Kier alpha value is -0.380. The van der Waals surface area contributed by atoms with Crippen molar-refractivity contribution < 1.29 is 5.11 Å². The zero-order chi connectivity index (χ0) is 12.3. The first-order valence-electron chi connectivity index (χ1n) is 6.60. The second kappa shape index (κ2) is 5.51. The van der Waals surface area contributed by atoms with Crippen molar-refractivity contribution in [3.8, 4) is 0 Å². The van der Waals surface area contributed by atoms with E-state index in [0.717, 1.165) is 19.4 Å². The first-order chi connectivity index (χ1) is 8.11. The van der Waals surface area contributed by atoms with Gasteiger partial charge >= 0.3 is 0 Å². The van der Waals surface area contributed by atoms with Crippen LogP contribution in [0.15, 0.2) is 17.5 Å². The third kappa shape index (κ3) is 3.30. The van der Waals surface area contributed by atoms with E-state index in [4.69, 9.17) is 0 Å². The molecule has 0 saturated heterocycles. The monoisotopic (exact) mass is 253 g/mol. The average Bonchev–Trinajstić information content (AvgIpc) is 2.90. The van der Waals surface area contributed by atoms with E-state index in [1.807, 2.05) is 0 Å². The van der Waals surface area contributed by atoms with Gasteiger partial charge in [-0.2, -0.15) is 0 Å². The lowest BCUT2D eigenvalue weighted by atomic mass is 9.98. The minimum Gasteiger partial charge on any atom is -0.389 e. The molecule has 0 aromatic carbocycles. The van der Waals surface area contributed by atoms with Crippen LogP contribution in [-0.4, -0.2) is 17.3 Å². The van der Waals surface area contributed by atoms with Gasteiger partial charge in [-0.15, -0.1) is 11.3 Å². The lowest BCUT2D eigenvalue weighted by Crippen LogP contribution is -2.40. The molecule has 1 saturated carbocycles. The van der Waals surface area contributed by atoms with E-state index in [2.05, 4.69) is 36.7 Å². The van der Waals surface area contributed by atoms with Crippen molar-refractivity contribution in [1.82, 2.24) is 5.32 Å². The summed E-state index contributed by atoms with van der Waals surface area (Å²) in [6.07, 6.45) is 4.25. The Morgan fingerprint density at radius 2 is 2.12 bits per heavy atom. The topological polar surface area (TPSA) is 32.3 Å². The highest BCUT2D eigenvalue weighted by Crippen LogP contribution is 2.31. The largest absolute Gasteiger partial charge is 0.389 e. The highest BCUT2D eigenvalue weighted by molar-refractivity contribution is 7.10. The number of hydrogen-bond donors (Lipinski definition) is 2. The van der Waals surface area contributed by atoms with E-state index in [-0.39, 0.29) is 0 Å². The summed E-state index contributed by atoms with van der Waals surface area (Å²) in [7, 11) is 0. The average molecular weight is 253 g/mol. The molecule has 17 heavy (non-hydrogen) atoms. The molecule has 1 aromatic rings. The van der Waals surface area contributed by atoms with E-state index in [1.165, 1.54) is 17.7 Å². The molecule has 96 valence electrons. The van der Waals surface area contributed by atoms with Gasteiger partial charge in [-0.1, -0.05) is 32.8 Å². The zero-order valence-electron chi connectivity index (χ0n) is 10.8. The van der Waals surface area contributed by atoms with Gasteiger partial charge < -0.3 is 10.4 Å². The van der Waals surface area contributed by atoms with E-state index < -0.39 is 5.60 Å². The quantitative estimate of drug-likeness (QED) is 0.843. The van der Waals surface area contributed by atoms with Crippen LogP contribution in [0.4, 0.5) is 0 Å². The van der Waals surface area contributed by atoms with Crippen LogP contribution in [0.5, 0.6) is 0 Å². The van der Waals surface area contributed by atoms with E-state index in [1.54, 1.807) is 11.3 Å². The summed E-state index contributed by atoms with van der Waals surface area (Å²) >= 11 is 1.80. The van der Waals surface area contributed by atoms with Gasteiger partial charge in [0, 0.05) is 17.5 Å². The second-order valence-electron chi connectivity index (χ2n) is 5.55. The summed E-state index contributed by atoms with van der Waals surface area (Å²) in [4.78, 5) is 1.38. The molecule has 2 N–H and O–H groups in total. The fourth-order valence-electron chi connectivity index (χ4n) is 2.64. The van der Waals surface area contributed by atoms with Crippen molar-refractivity contribution >= 4 is 11.3 Å². The van der Waals surface area contributed by atoms with E-state index in [0.29, 0.717) is 12.0 Å². The Morgan fingerprint density at radius 3 is 2.65 bits per heavy atom. The fraction of sp³-hybridized carbons (Fsp3) is 0.714. The number of hydrogen-bond acceptors (Lipinski definition) is 3. The number of rotatable bonds is 5. The molecule has 1 aromatic heterocycles. The second-order valence-corrected chi connectivity index (χ2v) is 6.53. The Bertz CT molecular complexity index is 328. The Labute approximate surface area is 108 Å². The number of thiophene rings is 1. The predicted molar refractivity (Wildman–Crippen MR) is 73.3 cm³/mol. The van der Waals surface area contributed by atoms with Gasteiger partial charge in [-0.05, 0) is 30.2 Å². The van der Waals surface area contributed by atoms with Crippen molar-refractivity contribution in [2.75, 3.05) is 6.54 Å². The SMILES string of the molecule is CC(C)C(NCC1(O)CCCC1)c1cccs1. The smallest absolute Gasteiger partial charge is 0.0771 e. The number of nitrogens with one attached hydrogen (secondary N) is 1. The van der Waals surface area contributed by atoms with Gasteiger partial charge in [0.25, 0.3) is 0 Å². The normalized spacial score (nSPS) is 20.9. The van der Waals surface area contributed by atoms with Gasteiger partial charge in [-0.3, -0.25) is 0 Å². The molecule has 0 radical (unpaired) electrons. The fourth-order valence-corrected chi connectivity index (χ4v) is 3.62. The third-order valence-corrected chi connectivity index (χ3v) is 4.66. The molecule has 1 aliphatic carbocycles. The van der Waals surface area contributed by atoms with Crippen LogP contribution in [0.1, 0.15) is 50.4 Å². The van der Waals surface area contributed by atoms with Crippen LogP contribution in [0.2, 0.25) is 0 Å². The van der Waals surface area contributed by atoms with Gasteiger partial charge in [0.2, 0.25) is 0 Å². The molecule has 0 amide bonds. The summed E-state index contributed by atoms with van der Waals surface area (Å²) in [6.45, 7) is 5.19. The van der Waals surface area contributed by atoms with Gasteiger partial charge in [0.05, 0.1) is 5.60 Å². The van der Waals surface area contributed by atoms with Crippen LogP contribution in [0.3, 0.4) is 0 Å². The van der Waals surface area contributed by atoms with Gasteiger partial charge in [0.15, 0.2) is 0 Å². The molecule has 1 aliphatic rings. The molecule has 2 rings (SSSR count).